The molecular formula is C7H11N3O. The molecule has 0 aliphatic heterocycles. The van der Waals surface area contributed by atoms with Crippen LogP contribution in [0.3, 0.4) is 0 Å². The van der Waals surface area contributed by atoms with Gasteiger partial charge in [-0.05, 0) is 19.1 Å². The second-order valence-corrected chi connectivity index (χ2v) is 1.74. The van der Waals surface area contributed by atoms with Crippen molar-refractivity contribution in [2.75, 3.05) is 0 Å². The Morgan fingerprint density at radius 1 is 1.64 bits per heavy atom. The molecular weight excluding hydrogens is 142 g/mol. The molecule has 0 amide bonds. The normalized spacial score (nSPS) is 8.82. The molecule has 0 saturated heterocycles. The van der Waals surface area contributed by atoms with Gasteiger partial charge < -0.3 is 10.9 Å². The average Bonchev–Trinajstić information content (AvgIpc) is 2.07. The number of hydrogen-bond acceptors (Lipinski definition) is 3. The van der Waals surface area contributed by atoms with E-state index in [0.717, 1.165) is 12.0 Å². The molecule has 0 atom stereocenters. The number of oxime groups is 1. The number of aryl methyl sites for hydroxylation is 1. The first-order chi connectivity index (χ1) is 5.31. The van der Waals surface area contributed by atoms with Crippen LogP contribution in [0.5, 0.6) is 0 Å². The summed E-state index contributed by atoms with van der Waals surface area (Å²) in [5.41, 5.74) is 5.56. The maximum absolute atomic E-state index is 7.32. The molecule has 1 aromatic rings. The molecule has 4 nitrogen and oxygen atoms in total. The summed E-state index contributed by atoms with van der Waals surface area (Å²) in [5, 5.41) is 9.71. The lowest BCUT2D eigenvalue weighted by molar-refractivity contribution is 0.321. The van der Waals surface area contributed by atoms with Crippen molar-refractivity contribution in [1.29, 1.82) is 0 Å². The molecule has 0 unspecified atom stereocenters. The predicted octanol–water partition coefficient (Wildman–Crippen LogP) is 0.753. The van der Waals surface area contributed by atoms with Crippen LogP contribution in [0, 0.1) is 6.92 Å². The summed E-state index contributed by atoms with van der Waals surface area (Å²) in [6.45, 7) is 1.97. The van der Waals surface area contributed by atoms with Gasteiger partial charge in [0.2, 0.25) is 0 Å². The number of nitrogens with two attached hydrogens (primary N) is 1. The van der Waals surface area contributed by atoms with Crippen LogP contribution in [0.4, 0.5) is 0 Å². The monoisotopic (exact) mass is 153 g/mol. The number of hydrogen-bond donors (Lipinski definition) is 2. The molecule has 0 aromatic carbocycles. The zero-order chi connectivity index (χ0) is 8.53. The van der Waals surface area contributed by atoms with E-state index in [1.165, 1.54) is 0 Å². The second kappa shape index (κ2) is 6.54. The van der Waals surface area contributed by atoms with Crippen LogP contribution in [0.2, 0.25) is 0 Å². The van der Waals surface area contributed by atoms with E-state index in [-0.39, 0.29) is 0 Å². The molecule has 60 valence electrons. The van der Waals surface area contributed by atoms with E-state index in [0.29, 0.717) is 0 Å². The summed E-state index contributed by atoms with van der Waals surface area (Å²) in [7, 11) is 0. The van der Waals surface area contributed by atoms with E-state index in [4.69, 9.17) is 5.21 Å². The minimum atomic E-state index is 0.806. The van der Waals surface area contributed by atoms with Crippen molar-refractivity contribution in [2.24, 2.45) is 10.9 Å². The number of aromatic nitrogens is 1. The summed E-state index contributed by atoms with van der Waals surface area (Å²) in [6.07, 6.45) is 2.59. The van der Waals surface area contributed by atoms with Crippen molar-refractivity contribution >= 4 is 6.34 Å². The fraction of sp³-hybridized carbons (Fsp3) is 0.143. The lowest BCUT2D eigenvalue weighted by Crippen LogP contribution is -1.85. The molecule has 0 fully saturated rings. The van der Waals surface area contributed by atoms with Crippen molar-refractivity contribution in [2.45, 2.75) is 6.92 Å². The van der Waals surface area contributed by atoms with Gasteiger partial charge in [0.15, 0.2) is 0 Å². The molecule has 0 aliphatic rings. The van der Waals surface area contributed by atoms with Gasteiger partial charge in [-0.15, -0.1) is 0 Å². The highest BCUT2D eigenvalue weighted by molar-refractivity contribution is 5.49. The first-order valence-corrected chi connectivity index (χ1v) is 3.06. The smallest absolute Gasteiger partial charge is 0.125 e. The molecule has 1 aromatic heterocycles. The van der Waals surface area contributed by atoms with Gasteiger partial charge in [-0.2, -0.15) is 0 Å². The highest BCUT2D eigenvalue weighted by Crippen LogP contribution is 1.85. The van der Waals surface area contributed by atoms with Gasteiger partial charge in [-0.25, -0.2) is 0 Å². The quantitative estimate of drug-likeness (QED) is 0.250. The van der Waals surface area contributed by atoms with Crippen LogP contribution in [0.25, 0.3) is 0 Å². The van der Waals surface area contributed by atoms with Crippen LogP contribution >= 0.6 is 0 Å². The standard InChI is InChI=1S/C6H7N.CH4N2O/c1-6-4-2-3-5-7-6;2-1-3-4/h2-5H,1H3;1,4H,(H2,2,3). The molecule has 1 heterocycles. The molecule has 1 rings (SSSR count). The third kappa shape index (κ3) is 6.30. The Bertz CT molecular complexity index is 194. The van der Waals surface area contributed by atoms with E-state index in [9.17, 15) is 0 Å². The molecule has 0 saturated carbocycles. The van der Waals surface area contributed by atoms with Crippen LogP contribution in [0.15, 0.2) is 29.6 Å². The maximum Gasteiger partial charge on any atom is 0.125 e. The Labute approximate surface area is 65.4 Å². The Kier molecular flexibility index (Phi) is 5.60. The first-order valence-electron chi connectivity index (χ1n) is 3.06. The van der Waals surface area contributed by atoms with E-state index < -0.39 is 0 Å². The SMILES string of the molecule is Cc1ccccn1.NC=NO. The Hall–Kier alpha value is -1.58. The molecule has 0 radical (unpaired) electrons. The van der Waals surface area contributed by atoms with Crippen molar-refractivity contribution in [1.82, 2.24) is 4.98 Å². The Morgan fingerprint density at radius 3 is 2.45 bits per heavy atom. The fourth-order valence-corrected chi connectivity index (χ4v) is 0.448. The summed E-state index contributed by atoms with van der Waals surface area (Å²) < 4.78 is 0. The molecule has 3 N–H and O–H groups in total. The van der Waals surface area contributed by atoms with Gasteiger partial charge >= 0.3 is 0 Å². The van der Waals surface area contributed by atoms with E-state index in [2.05, 4.69) is 15.9 Å². The van der Waals surface area contributed by atoms with Crippen LogP contribution in [-0.2, 0) is 0 Å². The Balaban J connectivity index is 0.000000218. The van der Waals surface area contributed by atoms with Crippen molar-refractivity contribution in [3.05, 3.63) is 30.1 Å². The molecule has 0 spiro atoms. The van der Waals surface area contributed by atoms with Crippen molar-refractivity contribution < 1.29 is 5.21 Å². The number of nitrogens with zero attached hydrogens (tertiary/aromatic N) is 2. The number of rotatable bonds is 0. The minimum Gasteiger partial charge on any atom is -0.410 e. The van der Waals surface area contributed by atoms with Gasteiger partial charge in [0.05, 0.1) is 0 Å². The summed E-state index contributed by atoms with van der Waals surface area (Å²) >= 11 is 0. The summed E-state index contributed by atoms with van der Waals surface area (Å²) in [6, 6.07) is 5.86. The van der Waals surface area contributed by atoms with Gasteiger partial charge in [-0.1, -0.05) is 11.2 Å². The maximum atomic E-state index is 7.32. The van der Waals surface area contributed by atoms with E-state index in [1.807, 2.05) is 25.1 Å². The first kappa shape index (κ1) is 9.42. The van der Waals surface area contributed by atoms with Crippen LogP contribution in [0.1, 0.15) is 5.69 Å². The highest BCUT2D eigenvalue weighted by atomic mass is 16.4. The third-order valence-electron chi connectivity index (χ3n) is 0.879. The van der Waals surface area contributed by atoms with Crippen LogP contribution < -0.4 is 5.73 Å². The van der Waals surface area contributed by atoms with E-state index >= 15 is 0 Å². The predicted molar refractivity (Wildman–Crippen MR) is 43.4 cm³/mol. The van der Waals surface area contributed by atoms with Gasteiger partial charge in [0.25, 0.3) is 0 Å². The second-order valence-electron chi connectivity index (χ2n) is 1.74. The average molecular weight is 153 g/mol. The highest BCUT2D eigenvalue weighted by Gasteiger charge is 1.73. The zero-order valence-electron chi connectivity index (χ0n) is 6.31. The van der Waals surface area contributed by atoms with Gasteiger partial charge in [0, 0.05) is 11.9 Å². The summed E-state index contributed by atoms with van der Waals surface area (Å²) in [5.74, 6) is 0. The van der Waals surface area contributed by atoms with Crippen LogP contribution in [-0.4, -0.2) is 16.5 Å². The van der Waals surface area contributed by atoms with Crippen molar-refractivity contribution in [3.63, 3.8) is 0 Å². The van der Waals surface area contributed by atoms with E-state index in [1.54, 1.807) is 6.20 Å². The third-order valence-corrected chi connectivity index (χ3v) is 0.879. The molecule has 11 heavy (non-hydrogen) atoms. The Morgan fingerprint density at radius 2 is 2.27 bits per heavy atom. The minimum absolute atomic E-state index is 0.806. The van der Waals surface area contributed by atoms with Gasteiger partial charge in [-0.3, -0.25) is 4.98 Å². The van der Waals surface area contributed by atoms with Gasteiger partial charge in [0.1, 0.15) is 6.34 Å². The lowest BCUT2D eigenvalue weighted by atomic mass is 10.4. The largest absolute Gasteiger partial charge is 0.410 e. The fourth-order valence-electron chi connectivity index (χ4n) is 0.448. The summed E-state index contributed by atoms with van der Waals surface area (Å²) in [4.78, 5) is 3.98. The molecule has 0 bridgehead atoms. The van der Waals surface area contributed by atoms with Crippen molar-refractivity contribution in [3.8, 4) is 0 Å². The molecule has 4 heteroatoms. The topological polar surface area (TPSA) is 71.5 Å². The molecule has 0 aliphatic carbocycles. The zero-order valence-corrected chi connectivity index (χ0v) is 6.31. The number of pyridine rings is 1. The lowest BCUT2D eigenvalue weighted by Gasteiger charge is -1.82.